The largest absolute Gasteiger partial charge is 0.394 e. The van der Waals surface area contributed by atoms with E-state index in [1.54, 1.807) is 0 Å². The normalized spacial score (nSPS) is 21.5. The van der Waals surface area contributed by atoms with Gasteiger partial charge in [-0.1, -0.05) is 6.92 Å². The van der Waals surface area contributed by atoms with Crippen molar-refractivity contribution < 1.29 is 5.11 Å². The zero-order valence-electron chi connectivity index (χ0n) is 12.6. The molecule has 112 valence electrons. The van der Waals surface area contributed by atoms with Gasteiger partial charge in [0.25, 0.3) is 0 Å². The lowest BCUT2D eigenvalue weighted by Gasteiger charge is -2.34. The van der Waals surface area contributed by atoms with Crippen molar-refractivity contribution in [1.29, 1.82) is 0 Å². The van der Waals surface area contributed by atoms with E-state index in [0.29, 0.717) is 5.92 Å². The molecule has 2 aliphatic carbocycles. The molecular formula is C16H27N3O. The second-order valence-electron chi connectivity index (χ2n) is 6.49. The number of aromatic nitrogens is 2. The monoisotopic (exact) mass is 277 g/mol. The molecule has 2 N–H and O–H groups in total. The predicted octanol–water partition coefficient (Wildman–Crippen LogP) is 1.90. The van der Waals surface area contributed by atoms with Crippen molar-refractivity contribution in [3.05, 3.63) is 17.7 Å². The SMILES string of the molecule is CCCNC(CO)(Cn1cnc2c1CCCC2)C1CC1. The van der Waals surface area contributed by atoms with Crippen LogP contribution in [0.4, 0.5) is 0 Å². The van der Waals surface area contributed by atoms with Crippen molar-refractivity contribution in [3.63, 3.8) is 0 Å². The van der Waals surface area contributed by atoms with Gasteiger partial charge in [0.05, 0.1) is 24.2 Å². The molecule has 0 bridgehead atoms. The number of aliphatic hydroxyl groups is 1. The van der Waals surface area contributed by atoms with Gasteiger partial charge in [-0.3, -0.25) is 0 Å². The Kier molecular flexibility index (Phi) is 4.13. The zero-order valence-corrected chi connectivity index (χ0v) is 12.6. The van der Waals surface area contributed by atoms with E-state index in [1.165, 1.54) is 37.1 Å². The minimum Gasteiger partial charge on any atom is -0.394 e. The molecule has 0 saturated heterocycles. The fraction of sp³-hybridized carbons (Fsp3) is 0.812. The van der Waals surface area contributed by atoms with Gasteiger partial charge in [-0.25, -0.2) is 4.98 Å². The molecule has 2 aliphatic rings. The molecule has 0 aromatic carbocycles. The first-order valence-electron chi connectivity index (χ1n) is 8.18. The molecule has 0 amide bonds. The summed E-state index contributed by atoms with van der Waals surface area (Å²) in [5.74, 6) is 0.626. The van der Waals surface area contributed by atoms with E-state index in [4.69, 9.17) is 0 Å². The maximum Gasteiger partial charge on any atom is 0.0952 e. The van der Waals surface area contributed by atoms with Crippen LogP contribution in [0.25, 0.3) is 0 Å². The Balaban J connectivity index is 1.80. The smallest absolute Gasteiger partial charge is 0.0952 e. The molecule has 4 nitrogen and oxygen atoms in total. The van der Waals surface area contributed by atoms with Crippen LogP contribution in [0.1, 0.15) is 50.4 Å². The molecule has 0 radical (unpaired) electrons. The van der Waals surface area contributed by atoms with Crippen molar-refractivity contribution in [2.45, 2.75) is 64.0 Å². The molecule has 1 aromatic rings. The molecule has 0 spiro atoms. The van der Waals surface area contributed by atoms with Gasteiger partial charge in [0, 0.05) is 12.2 Å². The summed E-state index contributed by atoms with van der Waals surface area (Å²) < 4.78 is 2.31. The molecular weight excluding hydrogens is 250 g/mol. The van der Waals surface area contributed by atoms with Crippen LogP contribution in [0.3, 0.4) is 0 Å². The van der Waals surface area contributed by atoms with Gasteiger partial charge < -0.3 is 15.0 Å². The number of hydrogen-bond donors (Lipinski definition) is 2. The Morgan fingerprint density at radius 3 is 2.90 bits per heavy atom. The van der Waals surface area contributed by atoms with Crippen molar-refractivity contribution >= 4 is 0 Å². The van der Waals surface area contributed by atoms with E-state index >= 15 is 0 Å². The van der Waals surface area contributed by atoms with Crippen LogP contribution < -0.4 is 5.32 Å². The van der Waals surface area contributed by atoms with E-state index in [-0.39, 0.29) is 12.1 Å². The summed E-state index contributed by atoms with van der Waals surface area (Å²) in [6, 6.07) is 0. The molecule has 1 aromatic heterocycles. The molecule has 1 heterocycles. The molecule has 1 saturated carbocycles. The lowest BCUT2D eigenvalue weighted by molar-refractivity contribution is 0.121. The van der Waals surface area contributed by atoms with Gasteiger partial charge in [-0.15, -0.1) is 0 Å². The molecule has 0 aliphatic heterocycles. The lowest BCUT2D eigenvalue weighted by atomic mass is 9.92. The van der Waals surface area contributed by atoms with Crippen molar-refractivity contribution in [1.82, 2.24) is 14.9 Å². The summed E-state index contributed by atoms with van der Waals surface area (Å²) >= 11 is 0. The summed E-state index contributed by atoms with van der Waals surface area (Å²) in [4.78, 5) is 4.59. The van der Waals surface area contributed by atoms with E-state index in [1.807, 2.05) is 6.33 Å². The van der Waals surface area contributed by atoms with E-state index in [2.05, 4.69) is 21.8 Å². The third-order valence-electron chi connectivity index (χ3n) is 4.93. The number of nitrogens with zero attached hydrogens (tertiary/aromatic N) is 2. The lowest BCUT2D eigenvalue weighted by Crippen LogP contribution is -2.54. The average Bonchev–Trinajstić information content (AvgIpc) is 3.27. The molecule has 1 fully saturated rings. The second kappa shape index (κ2) is 5.86. The number of hydrogen-bond acceptors (Lipinski definition) is 3. The van der Waals surface area contributed by atoms with Gasteiger partial charge in [0.1, 0.15) is 0 Å². The highest BCUT2D eigenvalue weighted by molar-refractivity contribution is 5.17. The van der Waals surface area contributed by atoms with Gasteiger partial charge in [-0.05, 0) is 57.4 Å². The fourth-order valence-corrected chi connectivity index (χ4v) is 3.55. The Morgan fingerprint density at radius 2 is 2.20 bits per heavy atom. The number of imidazole rings is 1. The van der Waals surface area contributed by atoms with Crippen molar-refractivity contribution in [2.24, 2.45) is 5.92 Å². The second-order valence-corrected chi connectivity index (χ2v) is 6.49. The van der Waals surface area contributed by atoms with Crippen molar-refractivity contribution in [3.8, 4) is 0 Å². The number of aliphatic hydroxyl groups excluding tert-OH is 1. The fourth-order valence-electron chi connectivity index (χ4n) is 3.55. The van der Waals surface area contributed by atoms with E-state index in [9.17, 15) is 5.11 Å². The number of aryl methyl sites for hydroxylation is 1. The van der Waals surface area contributed by atoms with Gasteiger partial charge in [-0.2, -0.15) is 0 Å². The standard InChI is InChI=1S/C16H27N3O/c1-2-9-18-16(11-20,13-7-8-13)10-19-12-17-14-5-3-4-6-15(14)19/h12-13,18,20H,2-11H2,1H3. The Bertz CT molecular complexity index is 453. The minimum atomic E-state index is -0.137. The number of nitrogens with one attached hydrogen (secondary N) is 1. The van der Waals surface area contributed by atoms with Crippen molar-refractivity contribution in [2.75, 3.05) is 13.2 Å². The van der Waals surface area contributed by atoms with Crippen LogP contribution >= 0.6 is 0 Å². The minimum absolute atomic E-state index is 0.137. The van der Waals surface area contributed by atoms with E-state index in [0.717, 1.165) is 32.4 Å². The van der Waals surface area contributed by atoms with Gasteiger partial charge >= 0.3 is 0 Å². The van der Waals surface area contributed by atoms with Crippen LogP contribution in [0, 0.1) is 5.92 Å². The van der Waals surface area contributed by atoms with E-state index < -0.39 is 0 Å². The molecule has 1 unspecified atom stereocenters. The Hall–Kier alpha value is -0.870. The summed E-state index contributed by atoms with van der Waals surface area (Å²) in [5.41, 5.74) is 2.56. The maximum atomic E-state index is 10.0. The Labute approximate surface area is 121 Å². The first kappa shape index (κ1) is 14.1. The molecule has 1 atom stereocenters. The first-order chi connectivity index (χ1) is 9.79. The molecule has 20 heavy (non-hydrogen) atoms. The third-order valence-corrected chi connectivity index (χ3v) is 4.93. The predicted molar refractivity (Wildman–Crippen MR) is 79.7 cm³/mol. The topological polar surface area (TPSA) is 50.1 Å². The zero-order chi connectivity index (χ0) is 14.0. The van der Waals surface area contributed by atoms with Gasteiger partial charge in [0.2, 0.25) is 0 Å². The van der Waals surface area contributed by atoms with Crippen LogP contribution in [-0.4, -0.2) is 33.3 Å². The number of rotatable bonds is 7. The first-order valence-corrected chi connectivity index (χ1v) is 8.18. The molecule has 3 rings (SSSR count). The maximum absolute atomic E-state index is 10.0. The summed E-state index contributed by atoms with van der Waals surface area (Å²) in [6.07, 6.45) is 10.4. The van der Waals surface area contributed by atoms with Gasteiger partial charge in [0.15, 0.2) is 0 Å². The number of fused-ring (bicyclic) bond motifs is 1. The third kappa shape index (κ3) is 2.63. The van der Waals surface area contributed by atoms with Crippen LogP contribution in [0.5, 0.6) is 0 Å². The summed E-state index contributed by atoms with van der Waals surface area (Å²) in [5, 5.41) is 13.7. The van der Waals surface area contributed by atoms with Crippen LogP contribution in [-0.2, 0) is 19.4 Å². The summed E-state index contributed by atoms with van der Waals surface area (Å²) in [6.45, 7) is 4.26. The van der Waals surface area contributed by atoms with Crippen LogP contribution in [0.15, 0.2) is 6.33 Å². The quantitative estimate of drug-likeness (QED) is 0.800. The summed E-state index contributed by atoms with van der Waals surface area (Å²) in [7, 11) is 0. The highest BCUT2D eigenvalue weighted by Crippen LogP contribution is 2.41. The highest BCUT2D eigenvalue weighted by atomic mass is 16.3. The Morgan fingerprint density at radius 1 is 1.40 bits per heavy atom. The average molecular weight is 277 g/mol. The van der Waals surface area contributed by atoms with Crippen LogP contribution in [0.2, 0.25) is 0 Å². The highest BCUT2D eigenvalue weighted by Gasteiger charge is 2.45. The molecule has 4 heteroatoms.